The molecule has 0 atom stereocenters. The first-order chi connectivity index (χ1) is 10.3. The summed E-state index contributed by atoms with van der Waals surface area (Å²) < 4.78 is 0. The van der Waals surface area contributed by atoms with Crippen molar-refractivity contribution in [1.29, 1.82) is 0 Å². The number of benzene rings is 2. The number of hydrogen-bond donors (Lipinski definition) is 3. The van der Waals surface area contributed by atoms with Gasteiger partial charge in [0.15, 0.2) is 0 Å². The molecule has 108 valence electrons. The second-order valence-corrected chi connectivity index (χ2v) is 5.14. The molecule has 0 fully saturated rings. The van der Waals surface area contributed by atoms with E-state index in [-0.39, 0.29) is 5.91 Å². The van der Waals surface area contributed by atoms with Crippen molar-refractivity contribution in [1.82, 2.24) is 5.32 Å². The summed E-state index contributed by atoms with van der Waals surface area (Å²) in [7, 11) is 1.64. The van der Waals surface area contributed by atoms with Crippen molar-refractivity contribution in [3.8, 4) is 0 Å². The Bertz CT molecular complexity index is 650. The predicted molar refractivity (Wildman–Crippen MR) is 85.8 cm³/mol. The van der Waals surface area contributed by atoms with Gasteiger partial charge in [0.1, 0.15) is 0 Å². The van der Waals surface area contributed by atoms with Crippen LogP contribution < -0.4 is 16.0 Å². The number of nitrogens with one attached hydrogen (secondary N) is 3. The Labute approximate surface area is 124 Å². The van der Waals surface area contributed by atoms with Gasteiger partial charge in [-0.25, -0.2) is 0 Å². The zero-order valence-electron chi connectivity index (χ0n) is 12.1. The molecule has 2 aromatic rings. The molecule has 0 saturated heterocycles. The number of hydrogen-bond acceptors (Lipinski definition) is 3. The van der Waals surface area contributed by atoms with Crippen molar-refractivity contribution < 1.29 is 4.79 Å². The van der Waals surface area contributed by atoms with E-state index < -0.39 is 0 Å². The van der Waals surface area contributed by atoms with E-state index in [9.17, 15) is 4.79 Å². The predicted octanol–water partition coefficient (Wildman–Crippen LogP) is 2.63. The number of anilines is 2. The molecule has 0 unspecified atom stereocenters. The van der Waals surface area contributed by atoms with E-state index in [0.29, 0.717) is 5.56 Å². The Balaban J connectivity index is 1.68. The highest BCUT2D eigenvalue weighted by molar-refractivity contribution is 5.94. The molecular weight excluding hydrogens is 262 g/mol. The minimum absolute atomic E-state index is 0.0633. The summed E-state index contributed by atoms with van der Waals surface area (Å²) in [5.74, 6) is -0.0633. The molecule has 0 radical (unpaired) electrons. The normalized spacial score (nSPS) is 12.4. The van der Waals surface area contributed by atoms with Gasteiger partial charge in [-0.2, -0.15) is 0 Å². The molecule has 0 saturated carbocycles. The standard InChI is InChI=1S/C17H19N3O/c1-18-17(21)13-5-7-15(8-6-13)20-11-14-4-2-3-12-9-10-19-16(12)14/h2-8,19-20H,9-11H2,1H3,(H,18,21). The summed E-state index contributed by atoms with van der Waals surface area (Å²) in [5.41, 5.74) is 5.63. The molecular formula is C17H19N3O. The van der Waals surface area contributed by atoms with Gasteiger partial charge in [0.25, 0.3) is 5.91 Å². The Hall–Kier alpha value is -2.49. The van der Waals surface area contributed by atoms with Crippen molar-refractivity contribution in [2.45, 2.75) is 13.0 Å². The van der Waals surface area contributed by atoms with Gasteiger partial charge < -0.3 is 16.0 Å². The molecule has 0 bridgehead atoms. The van der Waals surface area contributed by atoms with Crippen molar-refractivity contribution in [3.63, 3.8) is 0 Å². The maximum atomic E-state index is 11.5. The van der Waals surface area contributed by atoms with Gasteiger partial charge in [-0.3, -0.25) is 4.79 Å². The summed E-state index contributed by atoms with van der Waals surface area (Å²) in [4.78, 5) is 11.5. The van der Waals surface area contributed by atoms with Crippen molar-refractivity contribution >= 4 is 17.3 Å². The fourth-order valence-corrected chi connectivity index (χ4v) is 2.64. The molecule has 1 heterocycles. The molecule has 1 aliphatic rings. The van der Waals surface area contributed by atoms with Crippen molar-refractivity contribution in [3.05, 3.63) is 59.2 Å². The summed E-state index contributed by atoms with van der Waals surface area (Å²) in [6, 6.07) is 13.9. The molecule has 3 rings (SSSR count). The van der Waals surface area contributed by atoms with Crippen LogP contribution in [0.15, 0.2) is 42.5 Å². The van der Waals surface area contributed by atoms with Crippen molar-refractivity contribution in [2.75, 3.05) is 24.2 Å². The topological polar surface area (TPSA) is 53.2 Å². The lowest BCUT2D eigenvalue weighted by Gasteiger charge is -2.11. The maximum Gasteiger partial charge on any atom is 0.251 e. The van der Waals surface area contributed by atoms with E-state index in [1.54, 1.807) is 7.05 Å². The highest BCUT2D eigenvalue weighted by Gasteiger charge is 2.13. The van der Waals surface area contributed by atoms with Crippen molar-refractivity contribution in [2.24, 2.45) is 0 Å². The number of carbonyl (C=O) groups is 1. The molecule has 4 nitrogen and oxygen atoms in total. The molecule has 2 aromatic carbocycles. The Kier molecular flexibility index (Phi) is 3.77. The second kappa shape index (κ2) is 5.87. The van der Waals surface area contributed by atoms with E-state index >= 15 is 0 Å². The molecule has 4 heteroatoms. The maximum absolute atomic E-state index is 11.5. The van der Waals surface area contributed by atoms with Crippen LogP contribution in [-0.2, 0) is 13.0 Å². The minimum atomic E-state index is -0.0633. The van der Waals surface area contributed by atoms with E-state index in [1.807, 2.05) is 24.3 Å². The number of rotatable bonds is 4. The van der Waals surface area contributed by atoms with E-state index in [1.165, 1.54) is 16.8 Å². The van der Waals surface area contributed by atoms with E-state index in [2.05, 4.69) is 34.1 Å². The molecule has 3 N–H and O–H groups in total. The lowest BCUT2D eigenvalue weighted by molar-refractivity contribution is 0.0963. The highest BCUT2D eigenvalue weighted by Crippen LogP contribution is 2.27. The molecule has 0 aromatic heterocycles. The average Bonchev–Trinajstić information content (AvgIpc) is 3.02. The van der Waals surface area contributed by atoms with Gasteiger partial charge in [-0.1, -0.05) is 18.2 Å². The lowest BCUT2D eigenvalue weighted by Crippen LogP contribution is -2.17. The van der Waals surface area contributed by atoms with Gasteiger partial charge in [-0.05, 0) is 41.8 Å². The number of fused-ring (bicyclic) bond motifs is 1. The van der Waals surface area contributed by atoms with Gasteiger partial charge in [0.05, 0.1) is 0 Å². The van der Waals surface area contributed by atoms with E-state index in [0.717, 1.165) is 25.2 Å². The monoisotopic (exact) mass is 281 g/mol. The van der Waals surface area contributed by atoms with Gasteiger partial charge >= 0.3 is 0 Å². The Morgan fingerprint density at radius 1 is 1.19 bits per heavy atom. The second-order valence-electron chi connectivity index (χ2n) is 5.14. The zero-order chi connectivity index (χ0) is 14.7. The van der Waals surface area contributed by atoms with Crippen LogP contribution in [0.5, 0.6) is 0 Å². The summed E-state index contributed by atoms with van der Waals surface area (Å²) >= 11 is 0. The SMILES string of the molecule is CNC(=O)c1ccc(NCc2cccc3c2NCC3)cc1. The van der Waals surface area contributed by atoms with Gasteiger partial charge in [0, 0.05) is 37.1 Å². The van der Waals surface area contributed by atoms with Crippen LogP contribution in [0.1, 0.15) is 21.5 Å². The third-order valence-corrected chi connectivity index (χ3v) is 3.79. The van der Waals surface area contributed by atoms with Gasteiger partial charge in [0.2, 0.25) is 0 Å². The van der Waals surface area contributed by atoms with E-state index in [4.69, 9.17) is 0 Å². The smallest absolute Gasteiger partial charge is 0.251 e. The first-order valence-electron chi connectivity index (χ1n) is 7.18. The van der Waals surface area contributed by atoms with Crippen LogP contribution in [0.3, 0.4) is 0 Å². The first-order valence-corrected chi connectivity index (χ1v) is 7.18. The third kappa shape index (κ3) is 2.84. The van der Waals surface area contributed by atoms with Crippen LogP contribution in [-0.4, -0.2) is 19.5 Å². The fraction of sp³-hybridized carbons (Fsp3) is 0.235. The fourth-order valence-electron chi connectivity index (χ4n) is 2.64. The van der Waals surface area contributed by atoms with Gasteiger partial charge in [-0.15, -0.1) is 0 Å². The van der Waals surface area contributed by atoms with Crippen LogP contribution in [0, 0.1) is 0 Å². The quantitative estimate of drug-likeness (QED) is 0.807. The molecule has 0 spiro atoms. The zero-order valence-corrected chi connectivity index (χ0v) is 12.1. The summed E-state index contributed by atoms with van der Waals surface area (Å²) in [6.45, 7) is 1.79. The average molecular weight is 281 g/mol. The number of carbonyl (C=O) groups excluding carboxylic acids is 1. The highest BCUT2D eigenvalue weighted by atomic mass is 16.1. The Morgan fingerprint density at radius 3 is 2.76 bits per heavy atom. The number of amides is 1. The molecule has 0 aliphatic carbocycles. The number of para-hydroxylation sites is 1. The largest absolute Gasteiger partial charge is 0.384 e. The molecule has 1 aliphatic heterocycles. The summed E-state index contributed by atoms with van der Waals surface area (Å²) in [6.07, 6.45) is 1.10. The lowest BCUT2D eigenvalue weighted by atomic mass is 10.1. The first kappa shape index (κ1) is 13.5. The molecule has 1 amide bonds. The molecule has 21 heavy (non-hydrogen) atoms. The van der Waals surface area contributed by atoms with Crippen LogP contribution in [0.2, 0.25) is 0 Å². The van der Waals surface area contributed by atoms with Crippen LogP contribution in [0.25, 0.3) is 0 Å². The van der Waals surface area contributed by atoms with Crippen LogP contribution >= 0.6 is 0 Å². The summed E-state index contributed by atoms with van der Waals surface area (Å²) in [5, 5.41) is 9.47. The minimum Gasteiger partial charge on any atom is -0.384 e. The third-order valence-electron chi connectivity index (χ3n) is 3.79. The van der Waals surface area contributed by atoms with Crippen LogP contribution in [0.4, 0.5) is 11.4 Å². The Morgan fingerprint density at radius 2 is 2.00 bits per heavy atom.